The molecular weight excluding hydrogens is 310 g/mol. The Bertz CT molecular complexity index is 693. The number of sulfone groups is 1. The summed E-state index contributed by atoms with van der Waals surface area (Å²) in [5, 5.41) is 0. The van der Waals surface area contributed by atoms with Crippen molar-refractivity contribution in [1.29, 1.82) is 0 Å². The van der Waals surface area contributed by atoms with Crippen LogP contribution in [-0.4, -0.2) is 45.2 Å². The van der Waals surface area contributed by atoms with Crippen molar-refractivity contribution in [1.82, 2.24) is 4.31 Å². The first kappa shape index (κ1) is 16.5. The van der Waals surface area contributed by atoms with Gasteiger partial charge in [-0.3, -0.25) is 0 Å². The maximum Gasteiger partial charge on any atom is 0.243 e. The van der Waals surface area contributed by atoms with Gasteiger partial charge < -0.3 is 0 Å². The third-order valence-electron chi connectivity index (χ3n) is 3.69. The number of rotatable bonds is 5. The van der Waals surface area contributed by atoms with Gasteiger partial charge in [0.05, 0.1) is 16.4 Å². The fraction of sp³-hybridized carbons (Fsp3) is 0.571. The van der Waals surface area contributed by atoms with E-state index in [2.05, 4.69) is 0 Å². The summed E-state index contributed by atoms with van der Waals surface area (Å²) in [6.07, 6.45) is 1.04. The monoisotopic (exact) mass is 331 g/mol. The molecule has 0 bridgehead atoms. The van der Waals surface area contributed by atoms with E-state index < -0.39 is 25.9 Å². The van der Waals surface area contributed by atoms with Crippen LogP contribution < -0.4 is 0 Å². The van der Waals surface area contributed by atoms with Crippen LogP contribution in [0.2, 0.25) is 0 Å². The lowest BCUT2D eigenvalue weighted by molar-refractivity contribution is 0.340. The molecule has 1 aliphatic rings. The van der Waals surface area contributed by atoms with Crippen molar-refractivity contribution >= 4 is 19.9 Å². The average Bonchev–Trinajstić information content (AvgIpc) is 2.76. The number of benzene rings is 1. The topological polar surface area (TPSA) is 71.5 Å². The Labute approximate surface area is 126 Å². The minimum atomic E-state index is -3.64. The van der Waals surface area contributed by atoms with E-state index in [0.29, 0.717) is 19.4 Å². The summed E-state index contributed by atoms with van der Waals surface area (Å²) >= 11 is 0. The number of hydrogen-bond acceptors (Lipinski definition) is 4. The van der Waals surface area contributed by atoms with E-state index in [1.807, 2.05) is 13.8 Å². The zero-order valence-electron chi connectivity index (χ0n) is 12.3. The lowest BCUT2D eigenvalue weighted by atomic mass is 10.2. The van der Waals surface area contributed by atoms with E-state index in [9.17, 15) is 16.8 Å². The molecule has 0 aromatic heterocycles. The molecule has 2 rings (SSSR count). The maximum atomic E-state index is 12.8. The number of hydrogen-bond donors (Lipinski definition) is 0. The Balaban J connectivity index is 2.35. The fourth-order valence-electron chi connectivity index (χ4n) is 2.57. The van der Waals surface area contributed by atoms with Crippen molar-refractivity contribution in [3.63, 3.8) is 0 Å². The second-order valence-electron chi connectivity index (χ2n) is 5.49. The van der Waals surface area contributed by atoms with Crippen molar-refractivity contribution in [2.24, 2.45) is 0 Å². The molecular formula is C14H21NO4S2. The molecule has 1 unspecified atom stereocenters. The number of sulfonamides is 1. The van der Waals surface area contributed by atoms with Crippen molar-refractivity contribution < 1.29 is 16.8 Å². The summed E-state index contributed by atoms with van der Waals surface area (Å²) in [5.41, 5.74) is 0.986. The molecule has 118 valence electrons. The third kappa shape index (κ3) is 3.64. The summed E-state index contributed by atoms with van der Waals surface area (Å²) in [5.74, 6) is -0.000605. The van der Waals surface area contributed by atoms with Crippen LogP contribution in [0.15, 0.2) is 29.2 Å². The van der Waals surface area contributed by atoms with Crippen LogP contribution in [0.4, 0.5) is 0 Å². The van der Waals surface area contributed by atoms with Gasteiger partial charge in [-0.2, -0.15) is 4.31 Å². The highest BCUT2D eigenvalue weighted by atomic mass is 32.2. The highest BCUT2D eigenvalue weighted by Gasteiger charge is 2.38. The van der Waals surface area contributed by atoms with E-state index in [1.54, 1.807) is 24.3 Å². The van der Waals surface area contributed by atoms with Gasteiger partial charge in [-0.1, -0.05) is 24.6 Å². The van der Waals surface area contributed by atoms with Crippen LogP contribution in [0.5, 0.6) is 0 Å². The minimum Gasteiger partial charge on any atom is -0.229 e. The molecule has 1 aliphatic heterocycles. The van der Waals surface area contributed by atoms with Gasteiger partial charge in [0.1, 0.15) is 0 Å². The molecule has 7 heteroatoms. The average molecular weight is 331 g/mol. The van der Waals surface area contributed by atoms with E-state index in [1.165, 1.54) is 4.31 Å². The largest absolute Gasteiger partial charge is 0.243 e. The summed E-state index contributed by atoms with van der Waals surface area (Å²) < 4.78 is 50.2. The predicted molar refractivity (Wildman–Crippen MR) is 82.4 cm³/mol. The van der Waals surface area contributed by atoms with Gasteiger partial charge in [-0.15, -0.1) is 0 Å². The first-order valence-electron chi connectivity index (χ1n) is 7.05. The summed E-state index contributed by atoms with van der Waals surface area (Å²) in [7, 11) is -6.76. The Kier molecular flexibility index (Phi) is 4.75. The molecule has 0 N–H and O–H groups in total. The molecule has 0 saturated carbocycles. The maximum absolute atomic E-state index is 12.8. The van der Waals surface area contributed by atoms with Crippen LogP contribution in [0.3, 0.4) is 0 Å². The molecule has 1 heterocycles. The van der Waals surface area contributed by atoms with Crippen LogP contribution in [0, 0.1) is 6.92 Å². The zero-order chi connectivity index (χ0) is 15.7. The first-order valence-corrected chi connectivity index (χ1v) is 10.3. The molecule has 1 atom stereocenters. The Morgan fingerprint density at radius 2 is 1.86 bits per heavy atom. The van der Waals surface area contributed by atoms with Crippen LogP contribution in [0.1, 0.15) is 25.3 Å². The minimum absolute atomic E-state index is 0.0707. The molecule has 1 fully saturated rings. The molecule has 1 aromatic rings. The van der Waals surface area contributed by atoms with E-state index in [0.717, 1.165) is 5.56 Å². The van der Waals surface area contributed by atoms with E-state index in [4.69, 9.17) is 0 Å². The second-order valence-corrected chi connectivity index (χ2v) is 9.60. The van der Waals surface area contributed by atoms with Crippen molar-refractivity contribution in [2.45, 2.75) is 37.6 Å². The molecule has 5 nitrogen and oxygen atoms in total. The standard InChI is InChI=1S/C14H21NO4S2/c1-3-9-15(13-8-10-20(16,17)11-13)21(18,19)14-6-4-12(2)5-7-14/h4-7,13H,3,8-11H2,1-2H3. The summed E-state index contributed by atoms with van der Waals surface area (Å²) in [6.45, 7) is 4.13. The summed E-state index contributed by atoms with van der Waals surface area (Å²) in [4.78, 5) is 0.228. The molecule has 0 amide bonds. The lowest BCUT2D eigenvalue weighted by Gasteiger charge is -2.27. The molecule has 0 aliphatic carbocycles. The third-order valence-corrected chi connectivity index (χ3v) is 7.40. The van der Waals surface area contributed by atoms with Gasteiger partial charge in [0.2, 0.25) is 10.0 Å². The molecule has 1 aromatic carbocycles. The SMILES string of the molecule is CCCN(C1CCS(=O)(=O)C1)S(=O)(=O)c1ccc(C)cc1. The Morgan fingerprint density at radius 1 is 1.24 bits per heavy atom. The molecule has 21 heavy (non-hydrogen) atoms. The van der Waals surface area contributed by atoms with Crippen molar-refractivity contribution in [2.75, 3.05) is 18.1 Å². The van der Waals surface area contributed by atoms with Gasteiger partial charge in [0.25, 0.3) is 0 Å². The Morgan fingerprint density at radius 3 is 2.33 bits per heavy atom. The van der Waals surface area contributed by atoms with Gasteiger partial charge in [0.15, 0.2) is 9.84 Å². The molecule has 1 saturated heterocycles. The predicted octanol–water partition coefficient (Wildman–Crippen LogP) is 1.58. The smallest absolute Gasteiger partial charge is 0.229 e. The quantitative estimate of drug-likeness (QED) is 0.821. The van der Waals surface area contributed by atoms with Gasteiger partial charge >= 0.3 is 0 Å². The van der Waals surface area contributed by atoms with E-state index in [-0.39, 0.29) is 16.4 Å². The normalized spacial score (nSPS) is 21.8. The lowest BCUT2D eigenvalue weighted by Crippen LogP contribution is -2.41. The zero-order valence-corrected chi connectivity index (χ0v) is 14.0. The van der Waals surface area contributed by atoms with Crippen molar-refractivity contribution in [3.8, 4) is 0 Å². The van der Waals surface area contributed by atoms with Crippen LogP contribution in [0.25, 0.3) is 0 Å². The fourth-order valence-corrected chi connectivity index (χ4v) is 6.14. The van der Waals surface area contributed by atoms with Gasteiger partial charge in [0, 0.05) is 12.6 Å². The highest BCUT2D eigenvalue weighted by molar-refractivity contribution is 7.92. The Hall–Kier alpha value is -0.920. The van der Waals surface area contributed by atoms with E-state index >= 15 is 0 Å². The second kappa shape index (κ2) is 6.06. The number of nitrogens with zero attached hydrogens (tertiary/aromatic N) is 1. The summed E-state index contributed by atoms with van der Waals surface area (Å²) in [6, 6.07) is 6.22. The van der Waals surface area contributed by atoms with Crippen molar-refractivity contribution in [3.05, 3.63) is 29.8 Å². The molecule has 0 radical (unpaired) electrons. The van der Waals surface area contributed by atoms with Gasteiger partial charge in [-0.05, 0) is 31.9 Å². The van der Waals surface area contributed by atoms with Crippen LogP contribution >= 0.6 is 0 Å². The number of aryl methyl sites for hydroxylation is 1. The van der Waals surface area contributed by atoms with Crippen LogP contribution in [-0.2, 0) is 19.9 Å². The van der Waals surface area contributed by atoms with Gasteiger partial charge in [-0.25, -0.2) is 16.8 Å². The highest BCUT2D eigenvalue weighted by Crippen LogP contribution is 2.25. The molecule has 0 spiro atoms. The first-order chi connectivity index (χ1) is 9.76.